The van der Waals surface area contributed by atoms with Gasteiger partial charge in [-0.25, -0.2) is 4.98 Å². The summed E-state index contributed by atoms with van der Waals surface area (Å²) in [6.45, 7) is 6.35. The summed E-state index contributed by atoms with van der Waals surface area (Å²) in [6, 6.07) is 5.91. The molecule has 2 rings (SSSR count). The predicted molar refractivity (Wildman–Crippen MR) is 71.4 cm³/mol. The molecule has 0 spiro atoms. The molecule has 0 atom stereocenters. The van der Waals surface area contributed by atoms with E-state index in [4.69, 9.17) is 0 Å². The van der Waals surface area contributed by atoms with Gasteiger partial charge < -0.3 is 9.72 Å². The molecule has 2 aromatic rings. The maximum atomic E-state index is 11.7. The molecule has 4 nitrogen and oxygen atoms in total. The third-order valence-electron chi connectivity index (χ3n) is 2.76. The largest absolute Gasteiger partial charge is 0.355 e. The number of hydrogen-bond donors (Lipinski definition) is 1. The zero-order chi connectivity index (χ0) is 13.2. The van der Waals surface area contributed by atoms with Crippen LogP contribution in [0.25, 0.3) is 5.65 Å². The molecule has 0 aliphatic rings. The number of pyridine rings is 1. The van der Waals surface area contributed by atoms with Gasteiger partial charge in [0.05, 0.1) is 5.69 Å². The van der Waals surface area contributed by atoms with Crippen molar-refractivity contribution in [2.75, 3.05) is 6.54 Å². The van der Waals surface area contributed by atoms with E-state index in [2.05, 4.69) is 10.3 Å². The number of fused-ring (bicyclic) bond motifs is 1. The molecule has 2 heterocycles. The first-order valence-electron chi connectivity index (χ1n) is 6.18. The molecule has 1 N–H and O–H groups in total. The highest BCUT2D eigenvalue weighted by Crippen LogP contribution is 2.12. The lowest BCUT2D eigenvalue weighted by molar-refractivity contribution is -0.128. The van der Waals surface area contributed by atoms with Crippen molar-refractivity contribution in [3.63, 3.8) is 0 Å². The minimum absolute atomic E-state index is 0.0752. The Balaban J connectivity index is 1.93. The molecule has 0 aliphatic carbocycles. The summed E-state index contributed by atoms with van der Waals surface area (Å²) in [6.07, 6.45) is 4.72. The smallest absolute Gasteiger partial charge is 0.225 e. The molecule has 0 saturated heterocycles. The summed E-state index contributed by atoms with van der Waals surface area (Å²) in [5, 5.41) is 2.93. The van der Waals surface area contributed by atoms with Gasteiger partial charge in [0.1, 0.15) is 5.65 Å². The molecule has 0 saturated carbocycles. The second-order valence-electron chi connectivity index (χ2n) is 5.45. The molecule has 0 fully saturated rings. The normalized spacial score (nSPS) is 11.7. The van der Waals surface area contributed by atoms with Gasteiger partial charge in [-0.05, 0) is 12.1 Å². The maximum Gasteiger partial charge on any atom is 0.225 e. The molecule has 4 heteroatoms. The van der Waals surface area contributed by atoms with Crippen LogP contribution >= 0.6 is 0 Å². The van der Waals surface area contributed by atoms with E-state index in [0.717, 1.165) is 17.8 Å². The predicted octanol–water partition coefficient (Wildman–Crippen LogP) is 2.04. The van der Waals surface area contributed by atoms with Crippen LogP contribution in [0.2, 0.25) is 0 Å². The van der Waals surface area contributed by atoms with Gasteiger partial charge in [0, 0.05) is 30.8 Å². The van der Waals surface area contributed by atoms with E-state index in [1.807, 2.05) is 55.8 Å². The second kappa shape index (κ2) is 4.80. The van der Waals surface area contributed by atoms with Crippen LogP contribution in [0, 0.1) is 5.41 Å². The second-order valence-corrected chi connectivity index (χ2v) is 5.45. The summed E-state index contributed by atoms with van der Waals surface area (Å²) >= 11 is 0. The lowest BCUT2D eigenvalue weighted by Gasteiger charge is -2.17. The molecular formula is C14H19N3O. The van der Waals surface area contributed by atoms with E-state index >= 15 is 0 Å². The fourth-order valence-corrected chi connectivity index (χ4v) is 1.68. The molecule has 0 aromatic carbocycles. The molecular weight excluding hydrogens is 226 g/mol. The fourth-order valence-electron chi connectivity index (χ4n) is 1.68. The number of hydrogen-bond acceptors (Lipinski definition) is 2. The van der Waals surface area contributed by atoms with E-state index in [1.54, 1.807) is 0 Å². The first-order chi connectivity index (χ1) is 8.47. The van der Waals surface area contributed by atoms with Gasteiger partial charge in [-0.3, -0.25) is 4.79 Å². The van der Waals surface area contributed by atoms with Crippen LogP contribution < -0.4 is 5.32 Å². The quantitative estimate of drug-likeness (QED) is 0.899. The van der Waals surface area contributed by atoms with Crippen molar-refractivity contribution in [2.24, 2.45) is 5.41 Å². The number of amides is 1. The molecule has 2 aromatic heterocycles. The van der Waals surface area contributed by atoms with Crippen LogP contribution in [0.15, 0.2) is 30.6 Å². The van der Waals surface area contributed by atoms with Crippen molar-refractivity contribution in [2.45, 2.75) is 27.2 Å². The van der Waals surface area contributed by atoms with Crippen LogP contribution in [0.3, 0.4) is 0 Å². The zero-order valence-corrected chi connectivity index (χ0v) is 11.1. The SMILES string of the molecule is CC(C)(C)C(=O)NCCc1cn2ccccc2n1. The molecule has 0 bridgehead atoms. The number of imidazole rings is 1. The van der Waals surface area contributed by atoms with Gasteiger partial charge in [-0.15, -0.1) is 0 Å². The summed E-state index contributed by atoms with van der Waals surface area (Å²) in [5.41, 5.74) is 1.60. The van der Waals surface area contributed by atoms with E-state index in [9.17, 15) is 4.79 Å². The van der Waals surface area contributed by atoms with Crippen LogP contribution in [0.1, 0.15) is 26.5 Å². The Kier molecular flexibility index (Phi) is 3.36. The molecule has 0 radical (unpaired) electrons. The fraction of sp³-hybridized carbons (Fsp3) is 0.429. The van der Waals surface area contributed by atoms with Gasteiger partial charge in [0.25, 0.3) is 0 Å². The molecule has 0 unspecified atom stereocenters. The minimum Gasteiger partial charge on any atom is -0.355 e. The van der Waals surface area contributed by atoms with Crippen molar-refractivity contribution in [1.82, 2.24) is 14.7 Å². The average Bonchev–Trinajstić information content (AvgIpc) is 2.70. The van der Waals surface area contributed by atoms with Crippen molar-refractivity contribution in [1.29, 1.82) is 0 Å². The highest BCUT2D eigenvalue weighted by molar-refractivity contribution is 5.81. The number of rotatable bonds is 3. The van der Waals surface area contributed by atoms with Gasteiger partial charge in [0.15, 0.2) is 0 Å². The number of nitrogens with one attached hydrogen (secondary N) is 1. The van der Waals surface area contributed by atoms with Crippen LogP contribution in [0.5, 0.6) is 0 Å². The Morgan fingerprint density at radius 1 is 1.39 bits per heavy atom. The van der Waals surface area contributed by atoms with Crippen molar-refractivity contribution >= 4 is 11.6 Å². The Morgan fingerprint density at radius 3 is 2.83 bits per heavy atom. The molecule has 96 valence electrons. The zero-order valence-electron chi connectivity index (χ0n) is 11.1. The summed E-state index contributed by atoms with van der Waals surface area (Å²) in [7, 11) is 0. The molecule has 0 aliphatic heterocycles. The molecule has 18 heavy (non-hydrogen) atoms. The standard InChI is InChI=1S/C14H19N3O/c1-14(2,3)13(18)15-8-7-11-10-17-9-5-4-6-12(17)16-11/h4-6,9-10H,7-8H2,1-3H3,(H,15,18). The Labute approximate surface area is 107 Å². The first kappa shape index (κ1) is 12.6. The minimum atomic E-state index is -0.334. The number of nitrogens with zero attached hydrogens (tertiary/aromatic N) is 2. The summed E-state index contributed by atoms with van der Waals surface area (Å²) in [5.74, 6) is 0.0752. The summed E-state index contributed by atoms with van der Waals surface area (Å²) < 4.78 is 1.99. The van der Waals surface area contributed by atoms with Crippen molar-refractivity contribution < 1.29 is 4.79 Å². The van der Waals surface area contributed by atoms with Crippen LogP contribution in [0.4, 0.5) is 0 Å². The first-order valence-corrected chi connectivity index (χ1v) is 6.18. The number of carbonyl (C=O) groups is 1. The van der Waals surface area contributed by atoms with Crippen molar-refractivity contribution in [3.05, 3.63) is 36.3 Å². The Bertz CT molecular complexity index is 518. The molecule has 1 amide bonds. The topological polar surface area (TPSA) is 46.4 Å². The lowest BCUT2D eigenvalue weighted by atomic mass is 9.96. The van der Waals surface area contributed by atoms with E-state index in [1.165, 1.54) is 0 Å². The van der Waals surface area contributed by atoms with Gasteiger partial charge in [-0.2, -0.15) is 0 Å². The number of carbonyl (C=O) groups excluding carboxylic acids is 1. The van der Waals surface area contributed by atoms with E-state index in [-0.39, 0.29) is 11.3 Å². The maximum absolute atomic E-state index is 11.7. The van der Waals surface area contributed by atoms with Crippen molar-refractivity contribution in [3.8, 4) is 0 Å². The highest BCUT2D eigenvalue weighted by atomic mass is 16.2. The third-order valence-corrected chi connectivity index (χ3v) is 2.76. The van der Waals surface area contributed by atoms with E-state index < -0.39 is 0 Å². The van der Waals surface area contributed by atoms with Gasteiger partial charge in [0.2, 0.25) is 5.91 Å². The lowest BCUT2D eigenvalue weighted by Crippen LogP contribution is -2.35. The van der Waals surface area contributed by atoms with E-state index in [0.29, 0.717) is 6.54 Å². The highest BCUT2D eigenvalue weighted by Gasteiger charge is 2.20. The third kappa shape index (κ3) is 2.88. The Hall–Kier alpha value is -1.84. The van der Waals surface area contributed by atoms with Gasteiger partial charge >= 0.3 is 0 Å². The monoisotopic (exact) mass is 245 g/mol. The average molecular weight is 245 g/mol. The number of aromatic nitrogens is 2. The van der Waals surface area contributed by atoms with Gasteiger partial charge in [-0.1, -0.05) is 26.8 Å². The summed E-state index contributed by atoms with van der Waals surface area (Å²) in [4.78, 5) is 16.2. The Morgan fingerprint density at radius 2 is 2.17 bits per heavy atom. The van der Waals surface area contributed by atoms with Crippen LogP contribution in [-0.2, 0) is 11.2 Å². The van der Waals surface area contributed by atoms with Crippen LogP contribution in [-0.4, -0.2) is 21.8 Å².